The molecule has 0 radical (unpaired) electrons. The van der Waals surface area contributed by atoms with Gasteiger partial charge in [-0.3, -0.25) is 4.79 Å². The molecule has 0 saturated heterocycles. The molecular weight excluding hydrogens is 386 g/mol. The first-order chi connectivity index (χ1) is 13.6. The lowest BCUT2D eigenvalue weighted by molar-refractivity contribution is -0.137. The third-order valence-corrected chi connectivity index (χ3v) is 5.14. The molecule has 29 heavy (non-hydrogen) atoms. The second kappa shape index (κ2) is 8.39. The summed E-state index contributed by atoms with van der Waals surface area (Å²) in [5.74, 6) is -0.461. The minimum atomic E-state index is -4.61. The average molecular weight is 409 g/mol. The summed E-state index contributed by atoms with van der Waals surface area (Å²) in [5.41, 5.74) is -0.0176. The van der Waals surface area contributed by atoms with Crippen LogP contribution in [-0.4, -0.2) is 17.4 Å². The van der Waals surface area contributed by atoms with Gasteiger partial charge in [-0.25, -0.2) is 9.37 Å². The fourth-order valence-electron chi connectivity index (χ4n) is 3.17. The number of rotatable bonds is 6. The molecule has 1 aromatic heterocycles. The molecule has 156 valence electrons. The molecule has 1 heterocycles. The minimum absolute atomic E-state index is 0.000421. The summed E-state index contributed by atoms with van der Waals surface area (Å²) in [4.78, 5) is 16.7. The van der Waals surface area contributed by atoms with E-state index in [9.17, 15) is 22.4 Å². The van der Waals surface area contributed by atoms with Gasteiger partial charge in [0.1, 0.15) is 11.6 Å². The van der Waals surface area contributed by atoms with Crippen LogP contribution in [0, 0.1) is 11.7 Å². The van der Waals surface area contributed by atoms with Gasteiger partial charge < -0.3 is 10.6 Å². The minimum Gasteiger partial charge on any atom is -0.352 e. The fraction of sp³-hybridized carbons (Fsp3) is 0.429. The summed E-state index contributed by atoms with van der Waals surface area (Å²) in [5, 5.41) is 5.62. The van der Waals surface area contributed by atoms with E-state index in [2.05, 4.69) is 15.6 Å². The lowest BCUT2D eigenvalue weighted by Crippen LogP contribution is -2.32. The Hall–Kier alpha value is -2.64. The van der Waals surface area contributed by atoms with Crippen LogP contribution in [0.25, 0.3) is 0 Å². The number of carbonyl (C=O) groups is 1. The van der Waals surface area contributed by atoms with E-state index in [1.807, 2.05) is 13.8 Å². The van der Waals surface area contributed by atoms with E-state index in [1.165, 1.54) is 12.6 Å². The highest BCUT2D eigenvalue weighted by Gasteiger charge is 2.31. The van der Waals surface area contributed by atoms with Crippen molar-refractivity contribution in [3.05, 3.63) is 53.0 Å². The number of alkyl halides is 3. The van der Waals surface area contributed by atoms with E-state index >= 15 is 0 Å². The molecule has 4 nitrogen and oxygen atoms in total. The third kappa shape index (κ3) is 5.05. The highest BCUT2D eigenvalue weighted by Crippen LogP contribution is 2.32. The van der Waals surface area contributed by atoms with Gasteiger partial charge in [0.2, 0.25) is 0 Å². The van der Waals surface area contributed by atoms with Gasteiger partial charge in [-0.1, -0.05) is 20.3 Å². The van der Waals surface area contributed by atoms with E-state index in [0.29, 0.717) is 24.1 Å². The molecule has 1 saturated carbocycles. The van der Waals surface area contributed by atoms with Crippen molar-refractivity contribution in [1.82, 2.24) is 10.3 Å². The van der Waals surface area contributed by atoms with Gasteiger partial charge in [-0.05, 0) is 54.5 Å². The number of nitrogens with one attached hydrogen (secondary N) is 2. The number of pyridine rings is 1. The van der Waals surface area contributed by atoms with Gasteiger partial charge in [0.05, 0.1) is 16.8 Å². The monoisotopic (exact) mass is 409 g/mol. The van der Waals surface area contributed by atoms with E-state index in [-0.39, 0.29) is 23.3 Å². The van der Waals surface area contributed by atoms with Crippen molar-refractivity contribution in [3.8, 4) is 0 Å². The Balaban J connectivity index is 1.78. The second-order valence-corrected chi connectivity index (χ2v) is 7.64. The van der Waals surface area contributed by atoms with Crippen LogP contribution >= 0.6 is 0 Å². The molecule has 1 amide bonds. The maximum Gasteiger partial charge on any atom is 0.416 e. The maximum atomic E-state index is 14.1. The number of nitrogens with zero attached hydrogens (tertiary/aromatic N) is 1. The van der Waals surface area contributed by atoms with Crippen molar-refractivity contribution in [1.29, 1.82) is 0 Å². The fourth-order valence-corrected chi connectivity index (χ4v) is 3.17. The summed E-state index contributed by atoms with van der Waals surface area (Å²) in [6.45, 7) is 4.47. The second-order valence-electron chi connectivity index (χ2n) is 7.64. The topological polar surface area (TPSA) is 54.0 Å². The van der Waals surface area contributed by atoms with E-state index in [4.69, 9.17) is 0 Å². The lowest BCUT2D eigenvalue weighted by Gasteiger charge is -2.25. The van der Waals surface area contributed by atoms with E-state index in [0.717, 1.165) is 30.5 Å². The summed E-state index contributed by atoms with van der Waals surface area (Å²) in [7, 11) is 0. The molecule has 0 unspecified atom stereocenters. The first-order valence-electron chi connectivity index (χ1n) is 9.57. The van der Waals surface area contributed by atoms with Crippen LogP contribution in [0.2, 0.25) is 0 Å². The van der Waals surface area contributed by atoms with Gasteiger partial charge in [0, 0.05) is 12.7 Å². The summed E-state index contributed by atoms with van der Waals surface area (Å²) in [6, 6.07) is 3.89. The number of carbonyl (C=O) groups excluding carboxylic acids is 1. The zero-order chi connectivity index (χ0) is 21.2. The third-order valence-electron chi connectivity index (χ3n) is 5.14. The zero-order valence-electron chi connectivity index (χ0n) is 16.2. The van der Waals surface area contributed by atoms with Crippen LogP contribution in [0.1, 0.15) is 60.5 Å². The molecule has 0 atom stereocenters. The molecule has 1 aliphatic rings. The Morgan fingerprint density at radius 1 is 1.24 bits per heavy atom. The predicted octanol–water partition coefficient (Wildman–Crippen LogP) is 5.64. The molecule has 3 rings (SSSR count). The van der Waals surface area contributed by atoms with Crippen molar-refractivity contribution < 1.29 is 22.4 Å². The van der Waals surface area contributed by atoms with Gasteiger partial charge in [-0.2, -0.15) is 13.2 Å². The first-order valence-corrected chi connectivity index (χ1v) is 9.57. The molecule has 8 heteroatoms. The van der Waals surface area contributed by atoms with Crippen LogP contribution in [0.15, 0.2) is 30.5 Å². The Kier molecular flexibility index (Phi) is 6.10. The van der Waals surface area contributed by atoms with Gasteiger partial charge in [-0.15, -0.1) is 0 Å². The number of hydrogen-bond acceptors (Lipinski definition) is 3. The molecule has 1 fully saturated rings. The summed E-state index contributed by atoms with van der Waals surface area (Å²) in [6.07, 6.45) is 0.237. The largest absolute Gasteiger partial charge is 0.416 e. The number of halogens is 4. The molecule has 1 aromatic carbocycles. The quantitative estimate of drug-likeness (QED) is 0.608. The van der Waals surface area contributed by atoms with Gasteiger partial charge in [0.25, 0.3) is 5.91 Å². The Morgan fingerprint density at radius 2 is 1.97 bits per heavy atom. The van der Waals surface area contributed by atoms with Crippen molar-refractivity contribution in [3.63, 3.8) is 0 Å². The summed E-state index contributed by atoms with van der Waals surface area (Å²) < 4.78 is 52.2. The number of benzene rings is 1. The molecule has 2 aromatic rings. The Bertz CT molecular complexity index is 892. The van der Waals surface area contributed by atoms with Crippen molar-refractivity contribution in [2.24, 2.45) is 5.92 Å². The van der Waals surface area contributed by atoms with Crippen LogP contribution in [-0.2, 0) is 6.18 Å². The first kappa shape index (κ1) is 21.1. The molecule has 0 bridgehead atoms. The van der Waals surface area contributed by atoms with E-state index in [1.54, 1.807) is 6.07 Å². The normalized spacial score (nSPS) is 14.6. The number of anilines is 2. The molecule has 0 aliphatic heterocycles. The SMILES string of the molecule is CC(C)c1cc(Nc2ccc(C(F)(F)F)cc2F)ncc1C(=O)NCC1CCC1. The number of hydrogen-bond donors (Lipinski definition) is 2. The van der Waals surface area contributed by atoms with Crippen LogP contribution < -0.4 is 10.6 Å². The molecule has 0 spiro atoms. The molecular formula is C21H23F4N3O. The van der Waals surface area contributed by atoms with Crippen LogP contribution in [0.3, 0.4) is 0 Å². The molecule has 1 aliphatic carbocycles. The number of amides is 1. The van der Waals surface area contributed by atoms with Crippen LogP contribution in [0.4, 0.5) is 29.1 Å². The maximum absolute atomic E-state index is 14.1. The predicted molar refractivity (Wildman–Crippen MR) is 103 cm³/mol. The zero-order valence-corrected chi connectivity index (χ0v) is 16.2. The van der Waals surface area contributed by atoms with Gasteiger partial charge >= 0.3 is 6.18 Å². The highest BCUT2D eigenvalue weighted by molar-refractivity contribution is 5.96. The van der Waals surface area contributed by atoms with Crippen LogP contribution in [0.5, 0.6) is 0 Å². The van der Waals surface area contributed by atoms with E-state index < -0.39 is 17.6 Å². The standard InChI is InChI=1S/C21H23F4N3O/c1-12(2)15-9-19(26-11-16(15)20(29)27-10-13-4-3-5-13)28-18-7-6-14(8-17(18)22)21(23,24)25/h6-9,11-13H,3-5,10H2,1-2H3,(H,26,28)(H,27,29). The van der Waals surface area contributed by atoms with Crippen molar-refractivity contribution >= 4 is 17.4 Å². The average Bonchev–Trinajstić information content (AvgIpc) is 2.61. The highest BCUT2D eigenvalue weighted by atomic mass is 19.4. The number of aromatic nitrogens is 1. The van der Waals surface area contributed by atoms with Gasteiger partial charge in [0.15, 0.2) is 0 Å². The Labute approximate surface area is 166 Å². The van der Waals surface area contributed by atoms with Crippen molar-refractivity contribution in [2.45, 2.75) is 45.2 Å². The summed E-state index contributed by atoms with van der Waals surface area (Å²) >= 11 is 0. The molecule has 2 N–H and O–H groups in total. The smallest absolute Gasteiger partial charge is 0.352 e. The van der Waals surface area contributed by atoms with Crippen molar-refractivity contribution in [2.75, 3.05) is 11.9 Å². The lowest BCUT2D eigenvalue weighted by atomic mass is 9.85. The Morgan fingerprint density at radius 3 is 2.52 bits per heavy atom.